The van der Waals surface area contributed by atoms with Gasteiger partial charge in [-0.15, -0.1) is 0 Å². The molecule has 2 aromatic heterocycles. The molecule has 6 heteroatoms. The van der Waals surface area contributed by atoms with E-state index in [9.17, 15) is 0 Å². The lowest BCUT2D eigenvalue weighted by Crippen LogP contribution is -2.53. The topological polar surface area (TPSA) is 63.2 Å². The number of anilines is 1. The molecular weight excluding hydrogens is 338 g/mol. The van der Waals surface area contributed by atoms with Crippen LogP contribution in [-0.4, -0.2) is 59.2 Å². The van der Waals surface area contributed by atoms with Crippen molar-refractivity contribution in [1.82, 2.24) is 19.9 Å². The highest BCUT2D eigenvalue weighted by Crippen LogP contribution is 2.29. The maximum Gasteiger partial charge on any atom is 0.162 e. The first-order valence-corrected chi connectivity index (χ1v) is 9.34. The second-order valence-electron chi connectivity index (χ2n) is 7.23. The van der Waals surface area contributed by atoms with Crippen molar-refractivity contribution in [2.75, 3.05) is 39.2 Å². The molecule has 4 rings (SSSR count). The number of nitrogens with zero attached hydrogens (tertiary/aromatic N) is 4. The third-order valence-corrected chi connectivity index (χ3v) is 5.50. The van der Waals surface area contributed by atoms with Gasteiger partial charge in [0.05, 0.1) is 5.52 Å². The fourth-order valence-corrected chi connectivity index (χ4v) is 3.62. The maximum absolute atomic E-state index is 5.59. The minimum atomic E-state index is 0.0706. The first kappa shape index (κ1) is 17.8. The Morgan fingerprint density at radius 2 is 1.78 bits per heavy atom. The molecule has 140 valence electrons. The monoisotopic (exact) mass is 363 g/mol. The minimum absolute atomic E-state index is 0.0706. The van der Waals surface area contributed by atoms with Crippen molar-refractivity contribution in [3.63, 3.8) is 0 Å². The Morgan fingerprint density at radius 1 is 1.04 bits per heavy atom. The van der Waals surface area contributed by atoms with Gasteiger partial charge < -0.3 is 15.0 Å². The summed E-state index contributed by atoms with van der Waals surface area (Å²) in [4.78, 5) is 16.0. The van der Waals surface area contributed by atoms with E-state index in [0.717, 1.165) is 54.9 Å². The van der Waals surface area contributed by atoms with E-state index >= 15 is 0 Å². The fourth-order valence-electron chi connectivity index (χ4n) is 3.62. The van der Waals surface area contributed by atoms with Crippen molar-refractivity contribution in [2.24, 2.45) is 0 Å². The van der Waals surface area contributed by atoms with E-state index < -0.39 is 0 Å². The standard InChI is InChI=1S/C21H25N5O/c1-26(2)21(9-13-27-14-10-21)15-23-20-17-5-3-4-6-18(17)24-19(25-20)16-7-11-22-12-8-16/h3-8,11-12H,9-10,13-15H2,1-2H3,(H,23,24,25). The van der Waals surface area contributed by atoms with Gasteiger partial charge >= 0.3 is 0 Å². The molecule has 3 aromatic rings. The number of likely N-dealkylation sites (N-methyl/N-ethyl adjacent to an activating group) is 1. The van der Waals surface area contributed by atoms with Crippen LogP contribution < -0.4 is 5.32 Å². The number of fused-ring (bicyclic) bond motifs is 1. The molecule has 1 saturated heterocycles. The summed E-state index contributed by atoms with van der Waals surface area (Å²) in [5.41, 5.74) is 1.97. The number of ether oxygens (including phenoxy) is 1. The lowest BCUT2D eigenvalue weighted by molar-refractivity contribution is -0.000650. The lowest BCUT2D eigenvalue weighted by atomic mass is 9.88. The molecule has 0 saturated carbocycles. The highest BCUT2D eigenvalue weighted by molar-refractivity contribution is 5.90. The zero-order valence-corrected chi connectivity index (χ0v) is 15.9. The predicted octanol–water partition coefficient (Wildman–Crippen LogP) is 3.21. The molecule has 1 aliphatic heterocycles. The second kappa shape index (κ2) is 7.58. The molecule has 0 atom stereocenters. The minimum Gasteiger partial charge on any atom is -0.381 e. The highest BCUT2D eigenvalue weighted by Gasteiger charge is 2.34. The second-order valence-corrected chi connectivity index (χ2v) is 7.23. The number of para-hydroxylation sites is 1. The van der Waals surface area contributed by atoms with Gasteiger partial charge in [-0.2, -0.15) is 0 Å². The van der Waals surface area contributed by atoms with Gasteiger partial charge in [0.1, 0.15) is 5.82 Å². The van der Waals surface area contributed by atoms with Crippen LogP contribution in [0, 0.1) is 0 Å². The van der Waals surface area contributed by atoms with Gasteiger partial charge in [0, 0.05) is 48.6 Å². The lowest BCUT2D eigenvalue weighted by Gasteiger charge is -2.43. The van der Waals surface area contributed by atoms with Gasteiger partial charge in [-0.3, -0.25) is 4.98 Å². The SMILES string of the molecule is CN(C)C1(CNc2nc(-c3ccncc3)nc3ccccc23)CCOCC1. The van der Waals surface area contributed by atoms with Gasteiger partial charge in [0.2, 0.25) is 0 Å². The van der Waals surface area contributed by atoms with Crippen molar-refractivity contribution in [3.8, 4) is 11.4 Å². The van der Waals surface area contributed by atoms with Crippen LogP contribution in [0.25, 0.3) is 22.3 Å². The van der Waals surface area contributed by atoms with Crippen molar-refractivity contribution < 1.29 is 4.74 Å². The molecule has 1 fully saturated rings. The quantitative estimate of drug-likeness (QED) is 0.751. The summed E-state index contributed by atoms with van der Waals surface area (Å²) in [6, 6.07) is 12.0. The zero-order chi connectivity index (χ0) is 18.7. The van der Waals surface area contributed by atoms with Crippen molar-refractivity contribution in [1.29, 1.82) is 0 Å². The van der Waals surface area contributed by atoms with Gasteiger partial charge in [0.25, 0.3) is 0 Å². The van der Waals surface area contributed by atoms with Crippen LogP contribution in [0.1, 0.15) is 12.8 Å². The largest absolute Gasteiger partial charge is 0.381 e. The van der Waals surface area contributed by atoms with Crippen molar-refractivity contribution in [2.45, 2.75) is 18.4 Å². The maximum atomic E-state index is 5.59. The Morgan fingerprint density at radius 3 is 2.52 bits per heavy atom. The molecule has 1 aliphatic rings. The Balaban J connectivity index is 1.70. The smallest absolute Gasteiger partial charge is 0.162 e. The molecule has 1 aromatic carbocycles. The van der Waals surface area contributed by atoms with Crippen LogP contribution in [-0.2, 0) is 4.74 Å². The van der Waals surface area contributed by atoms with E-state index in [2.05, 4.69) is 35.4 Å². The molecule has 0 amide bonds. The molecule has 1 N–H and O–H groups in total. The average Bonchev–Trinajstić information content (AvgIpc) is 2.73. The van der Waals surface area contributed by atoms with Gasteiger partial charge in [0.15, 0.2) is 5.82 Å². The predicted molar refractivity (Wildman–Crippen MR) is 108 cm³/mol. The molecule has 0 aliphatic carbocycles. The van der Waals surface area contributed by atoms with Crippen LogP contribution in [0.4, 0.5) is 5.82 Å². The molecule has 0 spiro atoms. The molecule has 27 heavy (non-hydrogen) atoms. The number of hydrogen-bond donors (Lipinski definition) is 1. The number of benzene rings is 1. The van der Waals surface area contributed by atoms with Gasteiger partial charge in [-0.05, 0) is 51.2 Å². The van der Waals surface area contributed by atoms with E-state index in [0.29, 0.717) is 5.82 Å². The molecular formula is C21H25N5O. The van der Waals surface area contributed by atoms with E-state index in [1.807, 2.05) is 30.3 Å². The molecule has 0 bridgehead atoms. The van der Waals surface area contributed by atoms with Crippen molar-refractivity contribution >= 4 is 16.7 Å². The number of rotatable bonds is 5. The van der Waals surface area contributed by atoms with Crippen LogP contribution in [0.5, 0.6) is 0 Å². The summed E-state index contributed by atoms with van der Waals surface area (Å²) in [6.07, 6.45) is 5.55. The van der Waals surface area contributed by atoms with E-state index in [1.54, 1.807) is 12.4 Å². The first-order valence-electron chi connectivity index (χ1n) is 9.34. The Bertz CT molecular complexity index is 907. The van der Waals surface area contributed by atoms with Crippen LogP contribution >= 0.6 is 0 Å². The van der Waals surface area contributed by atoms with Gasteiger partial charge in [-0.25, -0.2) is 9.97 Å². The van der Waals surface area contributed by atoms with Crippen LogP contribution in [0.3, 0.4) is 0 Å². The number of hydrogen-bond acceptors (Lipinski definition) is 6. The van der Waals surface area contributed by atoms with E-state index in [4.69, 9.17) is 14.7 Å². The third kappa shape index (κ3) is 3.63. The summed E-state index contributed by atoms with van der Waals surface area (Å²) in [6.45, 7) is 2.42. The van der Waals surface area contributed by atoms with Crippen LogP contribution in [0.15, 0.2) is 48.8 Å². The zero-order valence-electron chi connectivity index (χ0n) is 15.9. The summed E-state index contributed by atoms with van der Waals surface area (Å²) >= 11 is 0. The normalized spacial score (nSPS) is 16.6. The Kier molecular flexibility index (Phi) is 5.01. The number of pyridine rings is 1. The van der Waals surface area contributed by atoms with Crippen molar-refractivity contribution in [3.05, 3.63) is 48.8 Å². The molecule has 0 radical (unpaired) electrons. The third-order valence-electron chi connectivity index (χ3n) is 5.50. The summed E-state index contributed by atoms with van der Waals surface area (Å²) < 4.78 is 5.59. The molecule has 0 unspecified atom stereocenters. The molecule has 6 nitrogen and oxygen atoms in total. The van der Waals surface area contributed by atoms with E-state index in [1.165, 1.54) is 0 Å². The van der Waals surface area contributed by atoms with Gasteiger partial charge in [-0.1, -0.05) is 12.1 Å². The molecule has 3 heterocycles. The van der Waals surface area contributed by atoms with Crippen LogP contribution in [0.2, 0.25) is 0 Å². The summed E-state index contributed by atoms with van der Waals surface area (Å²) in [5, 5.41) is 4.66. The highest BCUT2D eigenvalue weighted by atomic mass is 16.5. The number of nitrogens with one attached hydrogen (secondary N) is 1. The van der Waals surface area contributed by atoms with E-state index in [-0.39, 0.29) is 5.54 Å². The Labute approximate surface area is 159 Å². The Hall–Kier alpha value is -2.57. The number of aromatic nitrogens is 3. The summed E-state index contributed by atoms with van der Waals surface area (Å²) in [7, 11) is 4.29. The average molecular weight is 363 g/mol. The fraction of sp³-hybridized carbons (Fsp3) is 0.381. The summed E-state index contributed by atoms with van der Waals surface area (Å²) in [5.74, 6) is 1.59. The first-order chi connectivity index (χ1) is 13.2.